The van der Waals surface area contributed by atoms with Crippen molar-refractivity contribution in [1.82, 2.24) is 19.8 Å². The van der Waals surface area contributed by atoms with E-state index in [-0.39, 0.29) is 25.2 Å². The third-order valence-electron chi connectivity index (χ3n) is 4.28. The Morgan fingerprint density at radius 2 is 2.08 bits per heavy atom. The number of hydrogen-bond acceptors (Lipinski definition) is 4. The first-order valence-corrected chi connectivity index (χ1v) is 8.40. The number of imidazole rings is 1. The van der Waals surface area contributed by atoms with Gasteiger partial charge in [-0.2, -0.15) is 0 Å². The third-order valence-corrected chi connectivity index (χ3v) is 4.28. The molecule has 7 nitrogen and oxygen atoms in total. The Morgan fingerprint density at radius 3 is 2.68 bits per heavy atom. The summed E-state index contributed by atoms with van der Waals surface area (Å²) in [6, 6.07) is 9.98. The summed E-state index contributed by atoms with van der Waals surface area (Å²) < 4.78 is 1.86. The van der Waals surface area contributed by atoms with Gasteiger partial charge in [-0.1, -0.05) is 18.2 Å². The largest absolute Gasteiger partial charge is 0.395 e. The standard InChI is InChI=1S/C18H27N5O2/c1-15(22(3)16-7-5-4-6-8-16)13-20-18(25)23(11-12-24)14-17-19-9-10-21(17)2/h4-10,15,24H,11-14H2,1-3H3,(H,20,25). The van der Waals surface area contributed by atoms with Crippen molar-refractivity contribution in [2.75, 3.05) is 31.6 Å². The number of para-hydroxylation sites is 1. The van der Waals surface area contributed by atoms with Crippen LogP contribution in [0.4, 0.5) is 10.5 Å². The van der Waals surface area contributed by atoms with Crippen molar-refractivity contribution in [3.05, 3.63) is 48.5 Å². The highest BCUT2D eigenvalue weighted by atomic mass is 16.3. The molecule has 1 heterocycles. The van der Waals surface area contributed by atoms with Crippen LogP contribution in [0.1, 0.15) is 12.7 Å². The highest BCUT2D eigenvalue weighted by Gasteiger charge is 2.17. The smallest absolute Gasteiger partial charge is 0.317 e. The molecule has 1 atom stereocenters. The summed E-state index contributed by atoms with van der Waals surface area (Å²) in [5.41, 5.74) is 1.10. The van der Waals surface area contributed by atoms with Crippen LogP contribution in [0.25, 0.3) is 0 Å². The Bertz CT molecular complexity index is 658. The van der Waals surface area contributed by atoms with E-state index >= 15 is 0 Å². The van der Waals surface area contributed by atoms with Crippen molar-refractivity contribution < 1.29 is 9.90 Å². The predicted molar refractivity (Wildman–Crippen MR) is 98.4 cm³/mol. The number of benzene rings is 1. The highest BCUT2D eigenvalue weighted by molar-refractivity contribution is 5.74. The fourth-order valence-corrected chi connectivity index (χ4v) is 2.49. The molecule has 1 aromatic carbocycles. The number of nitrogens with zero attached hydrogens (tertiary/aromatic N) is 4. The van der Waals surface area contributed by atoms with Gasteiger partial charge in [0.1, 0.15) is 5.82 Å². The van der Waals surface area contributed by atoms with E-state index in [1.54, 1.807) is 11.1 Å². The molecule has 0 spiro atoms. The average Bonchev–Trinajstić information content (AvgIpc) is 3.03. The number of rotatable bonds is 8. The van der Waals surface area contributed by atoms with Gasteiger partial charge in [0.2, 0.25) is 0 Å². The molecule has 136 valence electrons. The molecule has 0 aliphatic rings. The van der Waals surface area contributed by atoms with Gasteiger partial charge in [-0.15, -0.1) is 0 Å². The monoisotopic (exact) mass is 345 g/mol. The molecule has 1 unspecified atom stereocenters. The van der Waals surface area contributed by atoms with Crippen molar-refractivity contribution in [3.8, 4) is 0 Å². The summed E-state index contributed by atoms with van der Waals surface area (Å²) in [6.45, 7) is 3.10. The summed E-state index contributed by atoms with van der Waals surface area (Å²) >= 11 is 0. The van der Waals surface area contributed by atoms with Crippen molar-refractivity contribution in [3.63, 3.8) is 0 Å². The van der Waals surface area contributed by atoms with Gasteiger partial charge in [0.15, 0.2) is 0 Å². The van der Waals surface area contributed by atoms with Crippen LogP contribution >= 0.6 is 0 Å². The first-order valence-electron chi connectivity index (χ1n) is 8.40. The van der Waals surface area contributed by atoms with E-state index < -0.39 is 0 Å². The molecule has 0 saturated heterocycles. The Labute approximate surface area is 148 Å². The molecule has 2 aromatic rings. The van der Waals surface area contributed by atoms with Gasteiger partial charge in [-0.05, 0) is 19.1 Å². The fourth-order valence-electron chi connectivity index (χ4n) is 2.49. The Balaban J connectivity index is 1.90. The van der Waals surface area contributed by atoms with Crippen LogP contribution in [0.2, 0.25) is 0 Å². The van der Waals surface area contributed by atoms with E-state index in [4.69, 9.17) is 0 Å². The lowest BCUT2D eigenvalue weighted by Gasteiger charge is -2.29. The molecule has 0 saturated carbocycles. The van der Waals surface area contributed by atoms with Gasteiger partial charge in [-0.25, -0.2) is 9.78 Å². The van der Waals surface area contributed by atoms with Crippen molar-refractivity contribution in [2.24, 2.45) is 7.05 Å². The second kappa shape index (κ2) is 9.08. The zero-order valence-corrected chi connectivity index (χ0v) is 15.1. The van der Waals surface area contributed by atoms with Gasteiger partial charge < -0.3 is 24.8 Å². The van der Waals surface area contributed by atoms with Gasteiger partial charge >= 0.3 is 6.03 Å². The summed E-state index contributed by atoms with van der Waals surface area (Å²) in [5, 5.41) is 12.2. The molecule has 2 N–H and O–H groups in total. The molecule has 0 fully saturated rings. The molecule has 0 aliphatic heterocycles. The number of nitrogens with one attached hydrogen (secondary N) is 1. The highest BCUT2D eigenvalue weighted by Crippen LogP contribution is 2.13. The van der Waals surface area contributed by atoms with Crippen LogP contribution in [0.3, 0.4) is 0 Å². The maximum atomic E-state index is 12.5. The Hall–Kier alpha value is -2.54. The number of aryl methyl sites for hydroxylation is 1. The minimum atomic E-state index is -0.203. The number of amides is 2. The molecule has 0 bridgehead atoms. The van der Waals surface area contributed by atoms with E-state index in [1.165, 1.54) is 0 Å². The topological polar surface area (TPSA) is 73.6 Å². The van der Waals surface area contributed by atoms with Crippen LogP contribution in [0.15, 0.2) is 42.7 Å². The molecule has 25 heavy (non-hydrogen) atoms. The lowest BCUT2D eigenvalue weighted by atomic mass is 10.2. The number of aromatic nitrogens is 2. The minimum absolute atomic E-state index is 0.0860. The first-order chi connectivity index (χ1) is 12.0. The predicted octanol–water partition coefficient (Wildman–Crippen LogP) is 1.45. The molecule has 2 rings (SSSR count). The maximum Gasteiger partial charge on any atom is 0.317 e. The summed E-state index contributed by atoms with van der Waals surface area (Å²) in [6.07, 6.45) is 3.53. The lowest BCUT2D eigenvalue weighted by molar-refractivity contribution is 0.171. The summed E-state index contributed by atoms with van der Waals surface area (Å²) in [4.78, 5) is 20.4. The van der Waals surface area contributed by atoms with Crippen LogP contribution in [-0.4, -0.2) is 58.4 Å². The summed E-state index contributed by atoms with van der Waals surface area (Å²) in [7, 11) is 3.89. The first kappa shape index (κ1) is 18.8. The number of aliphatic hydroxyl groups is 1. The SMILES string of the molecule is CC(CNC(=O)N(CCO)Cc1nccn1C)N(C)c1ccccc1. The molecule has 0 aliphatic carbocycles. The number of aliphatic hydroxyl groups excluding tert-OH is 1. The van der Waals surface area contributed by atoms with Crippen LogP contribution < -0.4 is 10.2 Å². The second-order valence-electron chi connectivity index (χ2n) is 6.08. The average molecular weight is 345 g/mol. The maximum absolute atomic E-state index is 12.5. The lowest BCUT2D eigenvalue weighted by Crippen LogP contribution is -2.46. The van der Waals surface area contributed by atoms with E-state index in [0.717, 1.165) is 11.5 Å². The fraction of sp³-hybridized carbons (Fsp3) is 0.444. The number of urea groups is 1. The number of likely N-dealkylation sites (N-methyl/N-ethyl adjacent to an activating group) is 1. The van der Waals surface area contributed by atoms with E-state index in [9.17, 15) is 9.90 Å². The van der Waals surface area contributed by atoms with Crippen LogP contribution in [0, 0.1) is 0 Å². The summed E-state index contributed by atoms with van der Waals surface area (Å²) in [5.74, 6) is 0.776. The van der Waals surface area contributed by atoms with Gasteiger partial charge in [0, 0.05) is 51.3 Å². The van der Waals surface area contributed by atoms with Gasteiger partial charge in [0.05, 0.1) is 13.2 Å². The number of anilines is 1. The van der Waals surface area contributed by atoms with Crippen LogP contribution in [0.5, 0.6) is 0 Å². The van der Waals surface area contributed by atoms with Crippen LogP contribution in [-0.2, 0) is 13.6 Å². The second-order valence-corrected chi connectivity index (χ2v) is 6.08. The van der Waals surface area contributed by atoms with E-state index in [0.29, 0.717) is 13.1 Å². The van der Waals surface area contributed by atoms with E-state index in [2.05, 4.69) is 22.1 Å². The molecule has 2 amide bonds. The van der Waals surface area contributed by atoms with Crippen molar-refractivity contribution in [2.45, 2.75) is 19.5 Å². The molecular weight excluding hydrogens is 318 g/mol. The molecule has 0 radical (unpaired) electrons. The van der Waals surface area contributed by atoms with Crippen molar-refractivity contribution >= 4 is 11.7 Å². The number of carbonyl (C=O) groups is 1. The van der Waals surface area contributed by atoms with Crippen molar-refractivity contribution in [1.29, 1.82) is 0 Å². The van der Waals surface area contributed by atoms with Gasteiger partial charge in [-0.3, -0.25) is 0 Å². The zero-order valence-electron chi connectivity index (χ0n) is 15.1. The molecule has 7 heteroatoms. The molecular formula is C18H27N5O2. The normalized spacial score (nSPS) is 11.8. The zero-order chi connectivity index (χ0) is 18.2. The minimum Gasteiger partial charge on any atom is -0.395 e. The molecule has 1 aromatic heterocycles. The quantitative estimate of drug-likeness (QED) is 0.759. The van der Waals surface area contributed by atoms with E-state index in [1.807, 2.05) is 55.2 Å². The number of hydrogen-bond donors (Lipinski definition) is 2. The third kappa shape index (κ3) is 5.22. The Kier molecular flexibility index (Phi) is 6.82. The number of carbonyl (C=O) groups excluding carboxylic acids is 1. The van der Waals surface area contributed by atoms with Gasteiger partial charge in [0.25, 0.3) is 0 Å². The Morgan fingerprint density at radius 1 is 1.36 bits per heavy atom.